The summed E-state index contributed by atoms with van der Waals surface area (Å²) in [5, 5.41) is 200. The molecule has 0 aromatic heterocycles. The van der Waals surface area contributed by atoms with E-state index < -0.39 is 275 Å². The van der Waals surface area contributed by atoms with Gasteiger partial charge in [0.1, 0.15) is 109 Å². The van der Waals surface area contributed by atoms with Crippen molar-refractivity contribution in [3.63, 3.8) is 0 Å². The van der Waals surface area contributed by atoms with Crippen LogP contribution in [0.5, 0.6) is 0 Å². The fourth-order valence-electron chi connectivity index (χ4n) is 19.2. The van der Waals surface area contributed by atoms with E-state index in [4.69, 9.17) is 61.6 Å². The van der Waals surface area contributed by atoms with Crippen LogP contribution < -0.4 is 0 Å². The minimum absolute atomic E-state index is 0.0569. The Hall–Kier alpha value is -2.48. The molecule has 98 heavy (non-hydrogen) atoms. The van der Waals surface area contributed by atoms with Gasteiger partial charge in [0.05, 0.1) is 70.7 Å². The summed E-state index contributed by atoms with van der Waals surface area (Å²) in [7, 11) is 0. The lowest BCUT2D eigenvalue weighted by molar-refractivity contribution is -0.375. The summed E-state index contributed by atoms with van der Waals surface area (Å²) >= 11 is 0. The maximum Gasteiger partial charge on any atom is 0.317 e. The molecule has 0 radical (unpaired) electrons. The third-order valence-corrected chi connectivity index (χ3v) is 24.9. The third kappa shape index (κ3) is 12.9. The Labute approximate surface area is 565 Å². The second-order valence-electron chi connectivity index (χ2n) is 31.4. The highest BCUT2D eigenvalue weighted by molar-refractivity contribution is 5.80. The van der Waals surface area contributed by atoms with Crippen molar-refractivity contribution in [3.05, 3.63) is 11.6 Å². The van der Waals surface area contributed by atoms with Gasteiger partial charge >= 0.3 is 11.9 Å². The number of hydrogen-bond acceptors (Lipinski definition) is 33. The van der Waals surface area contributed by atoms with Gasteiger partial charge < -0.3 is 153 Å². The number of hydrogen-bond donors (Lipinski definition) is 18. The number of aliphatic hydroxyl groups is 18. The van der Waals surface area contributed by atoms with E-state index in [0.717, 1.165) is 12.5 Å². The van der Waals surface area contributed by atoms with E-state index in [1.54, 1.807) is 6.92 Å². The maximum atomic E-state index is 15.7. The van der Waals surface area contributed by atoms with Crippen molar-refractivity contribution in [2.24, 2.45) is 50.2 Å². The van der Waals surface area contributed by atoms with E-state index in [9.17, 15) is 96.7 Å². The quantitative estimate of drug-likeness (QED) is 0.0366. The summed E-state index contributed by atoms with van der Waals surface area (Å²) < 4.78 is 76.7. The first-order valence-electron chi connectivity index (χ1n) is 34.1. The molecule has 0 aromatic carbocycles. The average molecular weight is 1410 g/mol. The van der Waals surface area contributed by atoms with Gasteiger partial charge in [-0.3, -0.25) is 9.59 Å². The van der Waals surface area contributed by atoms with Gasteiger partial charge in [-0.15, -0.1) is 0 Å². The molecular weight excluding hydrogens is 1310 g/mol. The maximum absolute atomic E-state index is 15.7. The molecule has 4 saturated carbocycles. The average Bonchev–Trinajstić information content (AvgIpc) is 0.697. The summed E-state index contributed by atoms with van der Waals surface area (Å²) in [6, 6.07) is 0. The zero-order valence-corrected chi connectivity index (χ0v) is 56.3. The normalized spacial score (nSPS) is 54.1. The predicted octanol–water partition coefficient (Wildman–Crippen LogP) is -5.96. The Morgan fingerprint density at radius 1 is 0.541 bits per heavy atom. The molecule has 6 saturated heterocycles. The summed E-state index contributed by atoms with van der Waals surface area (Å²) in [6.45, 7) is 10.0. The smallest absolute Gasteiger partial charge is 0.317 e. The van der Waals surface area contributed by atoms with Gasteiger partial charge in [-0.25, -0.2) is 0 Å². The van der Waals surface area contributed by atoms with Gasteiger partial charge in [-0.05, 0) is 97.7 Å². The number of allylic oxidation sites excluding steroid dienone is 2. The van der Waals surface area contributed by atoms with Crippen molar-refractivity contribution in [2.45, 2.75) is 284 Å². The molecule has 0 unspecified atom stereocenters. The lowest BCUT2D eigenvalue weighted by atomic mass is 9.33. The highest BCUT2D eigenvalue weighted by Crippen LogP contribution is 2.76. The van der Waals surface area contributed by atoms with Gasteiger partial charge in [0.2, 0.25) is 6.29 Å². The zero-order valence-electron chi connectivity index (χ0n) is 56.3. The van der Waals surface area contributed by atoms with E-state index in [2.05, 4.69) is 40.7 Å². The SMILES string of the molecule is CC(=O)O[C@H]1[C@H](O[C@H]2[C@H](OC(=O)[C@]34CCC(C)(C)C[C@H]3C3=CC[C@@H]5[C@@]6(C)C[C@H](O)[C@H](O[C@@H]7O[C@H](CO)[C@@H](O)[C@H](O[C@@H]8O[C@H](CO)[C@@H](O)[C@H](O)[C@H]8O)[C@H]7O)[C@@](C)(CO)[C@@H]6CC[C@@]5(C)[C@]3(C)C[C@H]4O)OC[C@H](O)[C@@H]2O)O[C@@H](C)[C@H](O[C@@H]2OC[C@@H](O)[C@H](O[C@@H]3OC[C@](O)(CO)[C@H]3O)[C@H]2O)[C@H]1O. The monoisotopic (exact) mass is 1410 g/mol. The number of fused-ring (bicyclic) bond motifs is 7. The highest BCUT2D eigenvalue weighted by atomic mass is 16.8. The second kappa shape index (κ2) is 28.4. The fourth-order valence-corrected chi connectivity index (χ4v) is 19.2. The summed E-state index contributed by atoms with van der Waals surface area (Å²) in [4.78, 5) is 28.4. The van der Waals surface area contributed by atoms with Crippen LogP contribution in [0, 0.1) is 50.2 Å². The van der Waals surface area contributed by atoms with Crippen LogP contribution in [0.3, 0.4) is 0 Å². The van der Waals surface area contributed by atoms with E-state index >= 15 is 4.79 Å². The van der Waals surface area contributed by atoms with Gasteiger partial charge in [-0.1, -0.05) is 53.2 Å². The number of esters is 2. The minimum atomic E-state index is -2.10. The van der Waals surface area contributed by atoms with Crippen molar-refractivity contribution in [3.8, 4) is 0 Å². The molecule has 18 N–H and O–H groups in total. The minimum Gasteiger partial charge on any atom is -0.454 e. The van der Waals surface area contributed by atoms with Crippen molar-refractivity contribution < 1.29 is 163 Å². The molecule has 33 heteroatoms. The molecule has 5 aliphatic carbocycles. The van der Waals surface area contributed by atoms with E-state index in [1.165, 1.54) is 6.92 Å². The molecule has 10 fully saturated rings. The molecule has 37 atom stereocenters. The molecule has 33 nitrogen and oxygen atoms in total. The number of carbonyl (C=O) groups is 2. The Morgan fingerprint density at radius 2 is 1.15 bits per heavy atom. The molecule has 562 valence electrons. The molecule has 0 spiro atoms. The van der Waals surface area contributed by atoms with E-state index in [-0.39, 0.29) is 30.6 Å². The Morgan fingerprint density at radius 3 is 1.80 bits per heavy atom. The van der Waals surface area contributed by atoms with Crippen molar-refractivity contribution in [2.75, 3.05) is 46.2 Å². The number of rotatable bonds is 17. The zero-order chi connectivity index (χ0) is 71.6. The Bertz CT molecular complexity index is 2820. The van der Waals surface area contributed by atoms with Crippen LogP contribution in [-0.4, -0.2) is 328 Å². The van der Waals surface area contributed by atoms with Gasteiger partial charge in [-0.2, -0.15) is 0 Å². The van der Waals surface area contributed by atoms with E-state index in [0.29, 0.717) is 32.1 Å². The first kappa shape index (κ1) is 76.6. The van der Waals surface area contributed by atoms with Crippen LogP contribution in [0.2, 0.25) is 0 Å². The molecule has 0 amide bonds. The first-order valence-corrected chi connectivity index (χ1v) is 34.1. The largest absolute Gasteiger partial charge is 0.454 e. The van der Waals surface area contributed by atoms with Crippen LogP contribution >= 0.6 is 0 Å². The van der Waals surface area contributed by atoms with Crippen LogP contribution in [0.4, 0.5) is 0 Å². The Balaban J connectivity index is 0.813. The van der Waals surface area contributed by atoms with E-state index in [1.807, 2.05) is 0 Å². The van der Waals surface area contributed by atoms with Crippen molar-refractivity contribution >= 4 is 11.9 Å². The second-order valence-corrected chi connectivity index (χ2v) is 31.4. The highest BCUT2D eigenvalue weighted by Gasteiger charge is 2.74. The van der Waals surface area contributed by atoms with Crippen molar-refractivity contribution in [1.82, 2.24) is 0 Å². The molecule has 6 heterocycles. The summed E-state index contributed by atoms with van der Waals surface area (Å²) in [5.74, 6) is -3.13. The standard InChI is InChI=1S/C65H104O33/c1-25-45(93-52-43(81)46(31(73)21-86-52)94-57-50(83)64(85,23-69)24-88-57)42(80)49(90-26(2)70)56(89-25)96-48-37(75)30(72)20-87-55(48)98-58(84)65-14-13-59(3,4)15-28(65)27-9-10-35-60(5)16-29(71)51(61(6,22-68)34(60)11-12-62(35,7)63(27,8)17-36(65)74)97-54-44(82)47(39(77)33(19-67)92-54)95-53-41(79)40(78)38(76)32(18-66)91-53/h9,25,28-57,66-69,71-83,85H,10-24H2,1-8H3/t25-,28-,29-,30-,31+,32+,33+,34+,35+,36+,37-,38+,39+,40-,41+,42+,43+,44+,45-,46-,47-,48+,49+,50-,51-,52-,53-,54-,55-,56-,57-,60-,61-,62+,63+,64+,65+/m0/s1. The summed E-state index contributed by atoms with van der Waals surface area (Å²) in [5.41, 5.74) is -6.72. The topological polar surface area (TPSA) is 518 Å². The van der Waals surface area contributed by atoms with Crippen LogP contribution in [-0.2, 0) is 71.2 Å². The van der Waals surface area contributed by atoms with Crippen molar-refractivity contribution in [1.29, 1.82) is 0 Å². The predicted molar refractivity (Wildman–Crippen MR) is 322 cm³/mol. The van der Waals surface area contributed by atoms with Gasteiger partial charge in [0, 0.05) is 12.3 Å². The molecule has 11 aliphatic rings. The lowest BCUT2D eigenvalue weighted by Crippen LogP contribution is -2.71. The molecule has 11 rings (SSSR count). The fraction of sp³-hybridized carbons (Fsp3) is 0.938. The Kier molecular flexibility index (Phi) is 22.2. The van der Waals surface area contributed by atoms with Crippen LogP contribution in [0.1, 0.15) is 107 Å². The lowest BCUT2D eigenvalue weighted by Gasteiger charge is -2.72. The summed E-state index contributed by atoms with van der Waals surface area (Å²) in [6.07, 6.45) is -42.3. The first-order chi connectivity index (χ1) is 45.9. The van der Waals surface area contributed by atoms with Crippen LogP contribution in [0.15, 0.2) is 11.6 Å². The third-order valence-electron chi connectivity index (χ3n) is 24.9. The molecule has 0 aromatic rings. The molecular formula is C65H104O33. The number of aliphatic hydroxyl groups excluding tert-OH is 17. The van der Waals surface area contributed by atoms with Gasteiger partial charge in [0.15, 0.2) is 43.7 Å². The van der Waals surface area contributed by atoms with Gasteiger partial charge in [0.25, 0.3) is 0 Å². The van der Waals surface area contributed by atoms with Crippen LogP contribution in [0.25, 0.3) is 0 Å². The number of ether oxygens (including phenoxy) is 13. The number of carbonyl (C=O) groups excluding carboxylic acids is 2. The molecule has 6 aliphatic heterocycles. The molecule has 0 bridgehead atoms.